The molecule has 3 rings (SSSR count). The first kappa shape index (κ1) is 14.8. The van der Waals surface area contributed by atoms with Gasteiger partial charge in [-0.05, 0) is 51.5 Å². The Kier molecular flexibility index (Phi) is 4.78. The van der Waals surface area contributed by atoms with E-state index in [0.29, 0.717) is 6.04 Å². The average molecular weight is 292 g/mol. The Morgan fingerprint density at radius 2 is 2.05 bits per heavy atom. The molecule has 0 amide bonds. The molecule has 1 aromatic heterocycles. The van der Waals surface area contributed by atoms with Gasteiger partial charge in [0.05, 0.1) is 6.04 Å². The van der Waals surface area contributed by atoms with Crippen molar-refractivity contribution in [2.24, 2.45) is 5.92 Å². The van der Waals surface area contributed by atoms with E-state index in [-0.39, 0.29) is 6.04 Å². The highest BCUT2D eigenvalue weighted by Crippen LogP contribution is 2.37. The van der Waals surface area contributed by atoms with Gasteiger partial charge in [-0.15, -0.1) is 5.10 Å². The summed E-state index contributed by atoms with van der Waals surface area (Å²) in [6.45, 7) is 6.30. The maximum absolute atomic E-state index is 5.96. The molecule has 118 valence electrons. The molecule has 1 saturated heterocycles. The van der Waals surface area contributed by atoms with E-state index in [1.54, 1.807) is 0 Å². The zero-order valence-electron chi connectivity index (χ0n) is 13.3. The topological polar surface area (TPSA) is 54.2 Å². The SMILES string of the molecule is CCCNC(C)c1nnc(N2CCCC2C2CCCC2)o1. The van der Waals surface area contributed by atoms with Crippen LogP contribution in [0.3, 0.4) is 0 Å². The lowest BCUT2D eigenvalue weighted by Gasteiger charge is -2.27. The maximum atomic E-state index is 5.96. The molecule has 0 spiro atoms. The molecular formula is C16H28N4O. The molecule has 1 aliphatic carbocycles. The van der Waals surface area contributed by atoms with Crippen molar-refractivity contribution in [3.05, 3.63) is 5.89 Å². The van der Waals surface area contributed by atoms with E-state index < -0.39 is 0 Å². The summed E-state index contributed by atoms with van der Waals surface area (Å²) >= 11 is 0. The molecule has 2 aliphatic rings. The van der Waals surface area contributed by atoms with Gasteiger partial charge in [-0.3, -0.25) is 0 Å². The van der Waals surface area contributed by atoms with Crippen LogP contribution in [0.1, 0.15) is 70.7 Å². The minimum absolute atomic E-state index is 0.138. The van der Waals surface area contributed by atoms with E-state index in [1.165, 1.54) is 38.5 Å². The van der Waals surface area contributed by atoms with Crippen LogP contribution in [0.15, 0.2) is 4.42 Å². The second-order valence-corrected chi connectivity index (χ2v) is 6.55. The Labute approximate surface area is 127 Å². The highest BCUT2D eigenvalue weighted by Gasteiger charge is 2.35. The third-order valence-corrected chi connectivity index (χ3v) is 4.99. The summed E-state index contributed by atoms with van der Waals surface area (Å²) in [5.74, 6) is 1.55. The van der Waals surface area contributed by atoms with Crippen LogP contribution < -0.4 is 10.2 Å². The average Bonchev–Trinajstić information content (AvgIpc) is 3.23. The first-order valence-electron chi connectivity index (χ1n) is 8.63. The number of anilines is 1. The standard InChI is InChI=1S/C16H28N4O/c1-3-10-17-12(2)15-18-19-16(21-15)20-11-6-9-14(20)13-7-4-5-8-13/h12-14,17H,3-11H2,1-2H3. The first-order valence-corrected chi connectivity index (χ1v) is 8.63. The predicted octanol–water partition coefficient (Wildman–Crippen LogP) is 3.29. The van der Waals surface area contributed by atoms with Crippen LogP contribution in [0.25, 0.3) is 0 Å². The van der Waals surface area contributed by atoms with Crippen molar-refractivity contribution >= 4 is 6.01 Å². The number of nitrogens with zero attached hydrogens (tertiary/aromatic N) is 3. The van der Waals surface area contributed by atoms with E-state index in [0.717, 1.165) is 37.3 Å². The lowest BCUT2D eigenvalue weighted by atomic mass is 9.96. The summed E-state index contributed by atoms with van der Waals surface area (Å²) in [6.07, 6.45) is 9.17. The normalized spacial score (nSPS) is 24.9. The smallest absolute Gasteiger partial charge is 0.318 e. The van der Waals surface area contributed by atoms with Crippen molar-refractivity contribution in [2.45, 2.75) is 70.9 Å². The number of hydrogen-bond acceptors (Lipinski definition) is 5. The fraction of sp³-hybridized carbons (Fsp3) is 0.875. The number of nitrogens with one attached hydrogen (secondary N) is 1. The molecule has 1 N–H and O–H groups in total. The monoisotopic (exact) mass is 292 g/mol. The van der Waals surface area contributed by atoms with Gasteiger partial charge in [0, 0.05) is 12.6 Å². The van der Waals surface area contributed by atoms with Crippen LogP contribution in [0, 0.1) is 5.92 Å². The molecule has 2 fully saturated rings. The van der Waals surface area contributed by atoms with E-state index in [9.17, 15) is 0 Å². The maximum Gasteiger partial charge on any atom is 0.318 e. The second kappa shape index (κ2) is 6.77. The molecule has 5 nitrogen and oxygen atoms in total. The Hall–Kier alpha value is -1.10. The van der Waals surface area contributed by atoms with Gasteiger partial charge in [0.15, 0.2) is 0 Å². The van der Waals surface area contributed by atoms with Crippen LogP contribution in [0.2, 0.25) is 0 Å². The summed E-state index contributed by atoms with van der Waals surface area (Å²) in [5.41, 5.74) is 0. The molecule has 2 unspecified atom stereocenters. The molecule has 2 heterocycles. The lowest BCUT2D eigenvalue weighted by Crippen LogP contribution is -2.34. The van der Waals surface area contributed by atoms with Crippen molar-refractivity contribution in [3.8, 4) is 0 Å². The summed E-state index contributed by atoms with van der Waals surface area (Å²) in [7, 11) is 0. The highest BCUT2D eigenvalue weighted by molar-refractivity contribution is 5.29. The molecule has 0 aromatic carbocycles. The summed E-state index contributed by atoms with van der Waals surface area (Å²) < 4.78 is 5.96. The van der Waals surface area contributed by atoms with Gasteiger partial charge in [0.2, 0.25) is 5.89 Å². The largest absolute Gasteiger partial charge is 0.406 e. The second-order valence-electron chi connectivity index (χ2n) is 6.55. The van der Waals surface area contributed by atoms with E-state index >= 15 is 0 Å². The van der Waals surface area contributed by atoms with Crippen LogP contribution >= 0.6 is 0 Å². The Bertz CT molecular complexity index is 441. The fourth-order valence-electron chi connectivity index (χ4n) is 3.83. The first-order chi connectivity index (χ1) is 10.3. The quantitative estimate of drug-likeness (QED) is 0.872. The van der Waals surface area contributed by atoms with E-state index in [1.807, 2.05) is 0 Å². The van der Waals surface area contributed by atoms with Gasteiger partial charge in [0.1, 0.15) is 0 Å². The fourth-order valence-corrected chi connectivity index (χ4v) is 3.83. The molecule has 1 saturated carbocycles. The Morgan fingerprint density at radius 1 is 1.24 bits per heavy atom. The van der Waals surface area contributed by atoms with Gasteiger partial charge in [-0.1, -0.05) is 24.9 Å². The molecular weight excluding hydrogens is 264 g/mol. The third-order valence-electron chi connectivity index (χ3n) is 4.99. The molecule has 0 bridgehead atoms. The van der Waals surface area contributed by atoms with Crippen LogP contribution in [-0.2, 0) is 0 Å². The number of hydrogen-bond donors (Lipinski definition) is 1. The minimum Gasteiger partial charge on any atom is -0.406 e. The Morgan fingerprint density at radius 3 is 2.81 bits per heavy atom. The third kappa shape index (κ3) is 3.23. The Balaban J connectivity index is 1.67. The van der Waals surface area contributed by atoms with Gasteiger partial charge in [-0.2, -0.15) is 0 Å². The summed E-state index contributed by atoms with van der Waals surface area (Å²) in [6, 6.07) is 1.50. The number of aromatic nitrogens is 2. The van der Waals surface area contributed by atoms with Gasteiger partial charge in [-0.25, -0.2) is 0 Å². The lowest BCUT2D eigenvalue weighted by molar-refractivity contribution is 0.385. The van der Waals surface area contributed by atoms with Gasteiger partial charge in [0.25, 0.3) is 0 Å². The minimum atomic E-state index is 0.138. The zero-order valence-corrected chi connectivity index (χ0v) is 13.3. The molecule has 5 heteroatoms. The summed E-state index contributed by atoms with van der Waals surface area (Å²) in [4.78, 5) is 2.37. The van der Waals surface area contributed by atoms with Crippen molar-refractivity contribution in [1.82, 2.24) is 15.5 Å². The number of rotatable bonds is 6. The van der Waals surface area contributed by atoms with Crippen molar-refractivity contribution < 1.29 is 4.42 Å². The van der Waals surface area contributed by atoms with Crippen molar-refractivity contribution in [2.75, 3.05) is 18.0 Å². The van der Waals surface area contributed by atoms with Crippen LogP contribution in [0.4, 0.5) is 6.01 Å². The highest BCUT2D eigenvalue weighted by atomic mass is 16.4. The van der Waals surface area contributed by atoms with Crippen LogP contribution in [-0.4, -0.2) is 29.3 Å². The van der Waals surface area contributed by atoms with E-state index in [2.05, 4.69) is 34.3 Å². The van der Waals surface area contributed by atoms with E-state index in [4.69, 9.17) is 4.42 Å². The molecule has 0 radical (unpaired) electrons. The molecule has 1 aromatic rings. The predicted molar refractivity (Wildman–Crippen MR) is 83.3 cm³/mol. The molecule has 1 aliphatic heterocycles. The van der Waals surface area contributed by atoms with Crippen molar-refractivity contribution in [3.63, 3.8) is 0 Å². The van der Waals surface area contributed by atoms with Crippen LogP contribution in [0.5, 0.6) is 0 Å². The van der Waals surface area contributed by atoms with Gasteiger partial charge >= 0.3 is 6.01 Å². The van der Waals surface area contributed by atoms with Crippen molar-refractivity contribution in [1.29, 1.82) is 0 Å². The van der Waals surface area contributed by atoms with Gasteiger partial charge < -0.3 is 14.6 Å². The molecule has 2 atom stereocenters. The molecule has 21 heavy (non-hydrogen) atoms. The summed E-state index contributed by atoms with van der Waals surface area (Å²) in [5, 5.41) is 12.0. The zero-order chi connectivity index (χ0) is 14.7.